The van der Waals surface area contributed by atoms with Crippen LogP contribution in [0.2, 0.25) is 5.02 Å². The van der Waals surface area contributed by atoms with Crippen molar-refractivity contribution in [2.75, 3.05) is 13.2 Å². The van der Waals surface area contributed by atoms with Gasteiger partial charge in [-0.1, -0.05) is 62.1 Å². The van der Waals surface area contributed by atoms with E-state index in [1.54, 1.807) is 0 Å². The molecule has 148 valence electrons. The van der Waals surface area contributed by atoms with Crippen LogP contribution >= 0.6 is 11.6 Å². The predicted molar refractivity (Wildman–Crippen MR) is 114 cm³/mol. The van der Waals surface area contributed by atoms with Gasteiger partial charge in [0.05, 0.1) is 11.6 Å². The van der Waals surface area contributed by atoms with Crippen molar-refractivity contribution >= 4 is 11.6 Å². The molecule has 0 aliphatic rings. The van der Waals surface area contributed by atoms with Crippen molar-refractivity contribution in [1.82, 2.24) is 5.32 Å². The fourth-order valence-corrected chi connectivity index (χ4v) is 3.25. The standard InChI is InChI=1S/C23H32ClNO2/c1-4-6-7-10-13-25-16-19-14-21(24)23(22(15-19)26-5-2)27-17-20-12-9-8-11-18(20)3/h8-9,11-12,14-15,25H,4-7,10,13,16-17H2,1-3H3. The third-order valence-electron chi connectivity index (χ3n) is 4.54. The normalized spacial score (nSPS) is 10.8. The highest BCUT2D eigenvalue weighted by atomic mass is 35.5. The van der Waals surface area contributed by atoms with Gasteiger partial charge in [-0.05, 0) is 55.6 Å². The Kier molecular flexibility index (Phi) is 9.51. The summed E-state index contributed by atoms with van der Waals surface area (Å²) in [5.41, 5.74) is 3.46. The van der Waals surface area contributed by atoms with Crippen molar-refractivity contribution in [2.45, 2.75) is 59.6 Å². The maximum absolute atomic E-state index is 6.52. The zero-order chi connectivity index (χ0) is 19.5. The van der Waals surface area contributed by atoms with E-state index in [9.17, 15) is 0 Å². The summed E-state index contributed by atoms with van der Waals surface area (Å²) in [4.78, 5) is 0. The lowest BCUT2D eigenvalue weighted by Gasteiger charge is -2.16. The van der Waals surface area contributed by atoms with Gasteiger partial charge in [-0.15, -0.1) is 0 Å². The summed E-state index contributed by atoms with van der Waals surface area (Å²) >= 11 is 6.52. The van der Waals surface area contributed by atoms with Gasteiger partial charge in [0, 0.05) is 6.54 Å². The fourth-order valence-electron chi connectivity index (χ4n) is 2.96. The number of hydrogen-bond donors (Lipinski definition) is 1. The van der Waals surface area contributed by atoms with Crippen molar-refractivity contribution in [3.05, 3.63) is 58.1 Å². The van der Waals surface area contributed by atoms with Crippen LogP contribution in [0, 0.1) is 6.92 Å². The molecule has 2 rings (SSSR count). The molecule has 0 radical (unpaired) electrons. The average Bonchev–Trinajstić information content (AvgIpc) is 2.65. The van der Waals surface area contributed by atoms with Crippen LogP contribution in [-0.4, -0.2) is 13.2 Å². The molecule has 0 saturated heterocycles. The minimum Gasteiger partial charge on any atom is -0.490 e. The first kappa shape index (κ1) is 21.6. The summed E-state index contributed by atoms with van der Waals surface area (Å²) in [7, 11) is 0. The Hall–Kier alpha value is -1.71. The van der Waals surface area contributed by atoms with Crippen LogP contribution in [-0.2, 0) is 13.2 Å². The number of nitrogens with one attached hydrogen (secondary N) is 1. The van der Waals surface area contributed by atoms with E-state index in [1.807, 2.05) is 31.2 Å². The maximum Gasteiger partial charge on any atom is 0.180 e. The number of benzene rings is 2. The number of unbranched alkanes of at least 4 members (excludes halogenated alkanes) is 3. The molecule has 0 fully saturated rings. The van der Waals surface area contributed by atoms with Gasteiger partial charge >= 0.3 is 0 Å². The van der Waals surface area contributed by atoms with E-state index in [0.717, 1.165) is 24.2 Å². The quantitative estimate of drug-likeness (QED) is 0.432. The van der Waals surface area contributed by atoms with Crippen LogP contribution in [0.4, 0.5) is 0 Å². The molecular formula is C23H32ClNO2. The van der Waals surface area contributed by atoms with Crippen LogP contribution in [0.15, 0.2) is 36.4 Å². The minimum absolute atomic E-state index is 0.474. The molecule has 4 heteroatoms. The van der Waals surface area contributed by atoms with E-state index < -0.39 is 0 Å². The molecule has 2 aromatic rings. The van der Waals surface area contributed by atoms with Crippen molar-refractivity contribution in [3.63, 3.8) is 0 Å². The SMILES string of the molecule is CCCCCCNCc1cc(Cl)c(OCc2ccccc2C)c(OCC)c1. The lowest BCUT2D eigenvalue weighted by molar-refractivity contribution is 0.269. The molecule has 0 amide bonds. The predicted octanol–water partition coefficient (Wildman–Crippen LogP) is 6.30. The van der Waals surface area contributed by atoms with Crippen LogP contribution in [0.3, 0.4) is 0 Å². The second kappa shape index (κ2) is 11.9. The van der Waals surface area contributed by atoms with E-state index in [2.05, 4.69) is 31.3 Å². The Balaban J connectivity index is 2.01. The van der Waals surface area contributed by atoms with E-state index >= 15 is 0 Å². The van der Waals surface area contributed by atoms with Crippen molar-refractivity contribution in [1.29, 1.82) is 0 Å². The third-order valence-corrected chi connectivity index (χ3v) is 4.82. The number of halogens is 1. The Morgan fingerprint density at radius 1 is 1.00 bits per heavy atom. The van der Waals surface area contributed by atoms with Crippen molar-refractivity contribution in [2.24, 2.45) is 0 Å². The van der Waals surface area contributed by atoms with Gasteiger partial charge in [0.15, 0.2) is 11.5 Å². The highest BCUT2D eigenvalue weighted by Crippen LogP contribution is 2.37. The Labute approximate surface area is 169 Å². The fraction of sp³-hybridized carbons (Fsp3) is 0.478. The Morgan fingerprint density at radius 2 is 1.81 bits per heavy atom. The average molecular weight is 390 g/mol. The monoisotopic (exact) mass is 389 g/mol. The first-order chi connectivity index (χ1) is 13.2. The molecule has 0 aliphatic heterocycles. The smallest absolute Gasteiger partial charge is 0.180 e. The molecule has 0 aliphatic carbocycles. The van der Waals surface area contributed by atoms with E-state index in [4.69, 9.17) is 21.1 Å². The molecule has 27 heavy (non-hydrogen) atoms. The minimum atomic E-state index is 0.474. The molecular weight excluding hydrogens is 358 g/mol. The van der Waals surface area contributed by atoms with Gasteiger partial charge in [-0.2, -0.15) is 0 Å². The molecule has 0 saturated carbocycles. The van der Waals surface area contributed by atoms with Gasteiger partial charge in [0.25, 0.3) is 0 Å². The number of hydrogen-bond acceptors (Lipinski definition) is 3. The number of rotatable bonds is 12. The molecule has 0 aromatic heterocycles. The third kappa shape index (κ3) is 7.08. The molecule has 0 bridgehead atoms. The second-order valence-corrected chi connectivity index (χ2v) is 7.20. The molecule has 0 spiro atoms. The summed E-state index contributed by atoms with van der Waals surface area (Å²) in [6.45, 7) is 9.13. The van der Waals surface area contributed by atoms with Crippen LogP contribution < -0.4 is 14.8 Å². The zero-order valence-electron chi connectivity index (χ0n) is 16.8. The summed E-state index contributed by atoms with van der Waals surface area (Å²) < 4.78 is 11.8. The highest BCUT2D eigenvalue weighted by molar-refractivity contribution is 6.32. The summed E-state index contributed by atoms with van der Waals surface area (Å²) in [5.74, 6) is 1.33. The molecule has 3 nitrogen and oxygen atoms in total. The molecule has 0 unspecified atom stereocenters. The largest absolute Gasteiger partial charge is 0.490 e. The van der Waals surface area contributed by atoms with E-state index in [1.165, 1.54) is 31.2 Å². The first-order valence-electron chi connectivity index (χ1n) is 9.99. The van der Waals surface area contributed by atoms with Gasteiger partial charge in [-0.3, -0.25) is 0 Å². The van der Waals surface area contributed by atoms with Gasteiger partial charge in [-0.25, -0.2) is 0 Å². The van der Waals surface area contributed by atoms with Gasteiger partial charge in [0.2, 0.25) is 0 Å². The second-order valence-electron chi connectivity index (χ2n) is 6.79. The molecule has 0 atom stereocenters. The van der Waals surface area contributed by atoms with Crippen molar-refractivity contribution < 1.29 is 9.47 Å². The summed E-state index contributed by atoms with van der Waals surface area (Å²) in [6.07, 6.45) is 5.05. The summed E-state index contributed by atoms with van der Waals surface area (Å²) in [5, 5.41) is 4.08. The van der Waals surface area contributed by atoms with Crippen molar-refractivity contribution in [3.8, 4) is 11.5 Å². The molecule has 2 aromatic carbocycles. The highest BCUT2D eigenvalue weighted by Gasteiger charge is 2.13. The number of ether oxygens (including phenoxy) is 2. The molecule has 1 N–H and O–H groups in total. The Morgan fingerprint density at radius 3 is 2.56 bits per heavy atom. The topological polar surface area (TPSA) is 30.5 Å². The Bertz CT molecular complexity index is 703. The van der Waals surface area contributed by atoms with E-state index in [-0.39, 0.29) is 0 Å². The van der Waals surface area contributed by atoms with Crippen LogP contribution in [0.25, 0.3) is 0 Å². The van der Waals surface area contributed by atoms with Gasteiger partial charge in [0.1, 0.15) is 6.61 Å². The molecule has 0 heterocycles. The lowest BCUT2D eigenvalue weighted by Crippen LogP contribution is -2.15. The lowest BCUT2D eigenvalue weighted by atomic mass is 10.1. The first-order valence-corrected chi connectivity index (χ1v) is 10.4. The van der Waals surface area contributed by atoms with Gasteiger partial charge < -0.3 is 14.8 Å². The maximum atomic E-state index is 6.52. The zero-order valence-corrected chi connectivity index (χ0v) is 17.6. The van der Waals surface area contributed by atoms with Crippen LogP contribution in [0.1, 0.15) is 56.2 Å². The van der Waals surface area contributed by atoms with Crippen LogP contribution in [0.5, 0.6) is 11.5 Å². The summed E-state index contributed by atoms with van der Waals surface area (Å²) in [6, 6.07) is 12.2. The van der Waals surface area contributed by atoms with E-state index in [0.29, 0.717) is 29.7 Å². The number of aryl methyl sites for hydroxylation is 1.